The molecule has 8 N–H and O–H groups in total. The van der Waals surface area contributed by atoms with Crippen molar-refractivity contribution in [1.29, 1.82) is 0 Å². The summed E-state index contributed by atoms with van der Waals surface area (Å²) in [4.78, 5) is 97.3. The molecule has 7 amide bonds. The van der Waals surface area contributed by atoms with E-state index < -0.39 is 83.5 Å². The van der Waals surface area contributed by atoms with Gasteiger partial charge >= 0.3 is 0 Å². The van der Waals surface area contributed by atoms with Gasteiger partial charge < -0.3 is 42.2 Å². The van der Waals surface area contributed by atoms with E-state index in [2.05, 4.69) is 42.2 Å². The first-order valence-electron chi connectivity index (χ1n) is 18.8. The van der Waals surface area contributed by atoms with Crippen molar-refractivity contribution in [2.24, 2.45) is 5.92 Å². The van der Waals surface area contributed by atoms with Gasteiger partial charge in [-0.1, -0.05) is 69.3 Å². The van der Waals surface area contributed by atoms with Crippen LogP contribution in [0, 0.1) is 5.92 Å². The maximum atomic E-state index is 14.0. The normalized spacial score (nSPS) is 25.1. The summed E-state index contributed by atoms with van der Waals surface area (Å²) in [6, 6.07) is 10.2. The van der Waals surface area contributed by atoms with Gasteiger partial charge in [-0.2, -0.15) is 0 Å². The smallest absolute Gasteiger partial charge is 0.243 e. The van der Waals surface area contributed by atoms with E-state index in [1.165, 1.54) is 20.8 Å². The van der Waals surface area contributed by atoms with E-state index in [1.807, 2.05) is 68.4 Å². The number of hydrogen-bond donors (Lipinski definition) is 8. The molecule has 3 aromatic rings. The number of carbonyl (C=O) groups is 7. The average molecular weight is 759 g/mol. The lowest BCUT2D eigenvalue weighted by Gasteiger charge is -2.29. The first kappa shape index (κ1) is 42.0. The quantitative estimate of drug-likeness (QED) is 0.185. The van der Waals surface area contributed by atoms with E-state index in [9.17, 15) is 33.6 Å². The fourth-order valence-electron chi connectivity index (χ4n) is 6.38. The van der Waals surface area contributed by atoms with Crippen LogP contribution < -0.4 is 37.2 Å². The fourth-order valence-corrected chi connectivity index (χ4v) is 6.38. The Kier molecular flexibility index (Phi) is 14.9. The van der Waals surface area contributed by atoms with Crippen LogP contribution in [-0.4, -0.2) is 89.1 Å². The van der Waals surface area contributed by atoms with E-state index in [1.54, 1.807) is 13.1 Å². The van der Waals surface area contributed by atoms with E-state index in [-0.39, 0.29) is 38.1 Å². The Hall–Kier alpha value is -5.73. The first-order chi connectivity index (χ1) is 26.1. The van der Waals surface area contributed by atoms with Gasteiger partial charge in [0.15, 0.2) is 0 Å². The lowest BCUT2D eigenvalue weighted by Crippen LogP contribution is -2.60. The number of benzene rings is 2. The molecule has 4 rings (SSSR count). The van der Waals surface area contributed by atoms with Crippen molar-refractivity contribution in [2.75, 3.05) is 6.54 Å². The molecule has 0 saturated carbocycles. The minimum Gasteiger partial charge on any atom is -0.361 e. The summed E-state index contributed by atoms with van der Waals surface area (Å²) in [5, 5.41) is 19.9. The minimum atomic E-state index is -1.18. The lowest BCUT2D eigenvalue weighted by molar-refractivity contribution is -0.135. The summed E-state index contributed by atoms with van der Waals surface area (Å²) >= 11 is 0. The Morgan fingerprint density at radius 3 is 1.87 bits per heavy atom. The molecule has 1 aromatic heterocycles. The molecule has 0 unspecified atom stereocenters. The Morgan fingerprint density at radius 2 is 1.20 bits per heavy atom. The lowest BCUT2D eigenvalue weighted by atomic mass is 9.91. The predicted octanol–water partition coefficient (Wildman–Crippen LogP) is 1.44. The van der Waals surface area contributed by atoms with Crippen LogP contribution in [0.5, 0.6) is 0 Å². The van der Waals surface area contributed by atoms with E-state index in [0.29, 0.717) is 0 Å². The van der Waals surface area contributed by atoms with Crippen LogP contribution in [0.25, 0.3) is 10.9 Å². The molecular formula is C40H54N8O7. The number of para-hydroxylation sites is 1. The van der Waals surface area contributed by atoms with Crippen LogP contribution in [0.4, 0.5) is 0 Å². The van der Waals surface area contributed by atoms with Gasteiger partial charge in [0, 0.05) is 42.4 Å². The molecule has 1 aliphatic rings. The molecule has 1 fully saturated rings. The number of fused-ring (bicyclic) bond motifs is 1. The monoisotopic (exact) mass is 758 g/mol. The van der Waals surface area contributed by atoms with Crippen molar-refractivity contribution in [2.45, 2.75) is 109 Å². The molecule has 0 spiro atoms. The number of rotatable bonds is 6. The van der Waals surface area contributed by atoms with Crippen LogP contribution in [0.1, 0.15) is 77.8 Å². The minimum absolute atomic E-state index is 0.00889. The van der Waals surface area contributed by atoms with Gasteiger partial charge in [0.25, 0.3) is 0 Å². The van der Waals surface area contributed by atoms with Gasteiger partial charge in [0.2, 0.25) is 41.4 Å². The first-order valence-corrected chi connectivity index (χ1v) is 18.8. The highest BCUT2D eigenvalue weighted by Gasteiger charge is 2.34. The number of aromatic amines is 1. The molecule has 2 heterocycles. The number of aromatic nitrogens is 1. The molecule has 0 bridgehead atoms. The molecule has 15 nitrogen and oxygen atoms in total. The number of carbonyl (C=O) groups excluding carboxylic acids is 7. The second-order valence-electron chi connectivity index (χ2n) is 14.6. The van der Waals surface area contributed by atoms with Crippen molar-refractivity contribution < 1.29 is 33.6 Å². The molecule has 15 heteroatoms. The van der Waals surface area contributed by atoms with Crippen LogP contribution in [0.3, 0.4) is 0 Å². The van der Waals surface area contributed by atoms with Crippen molar-refractivity contribution in [3.8, 4) is 0 Å². The summed E-state index contributed by atoms with van der Waals surface area (Å²) < 4.78 is 0. The van der Waals surface area contributed by atoms with Gasteiger partial charge in [-0.05, 0) is 56.7 Å². The summed E-state index contributed by atoms with van der Waals surface area (Å²) in [5.41, 5.74) is 2.39. The molecule has 1 aliphatic heterocycles. The SMILES string of the molecule is CC(C)C[C@@H]1NC(=O)[C@@H](C)NC(=O)[C@@H](C)NC(=O)CCCNC(=O)[C@@H](Cc2c[nH]c3ccccc23)NC(=O)[C@@H](C)NC(=O)[C@@H]([C@H](C)c2ccccc2)NC1=O. The summed E-state index contributed by atoms with van der Waals surface area (Å²) in [6.07, 6.45) is 2.35. The summed E-state index contributed by atoms with van der Waals surface area (Å²) in [7, 11) is 0. The molecule has 55 heavy (non-hydrogen) atoms. The molecule has 2 aromatic carbocycles. The Morgan fingerprint density at radius 1 is 0.618 bits per heavy atom. The zero-order chi connectivity index (χ0) is 40.2. The van der Waals surface area contributed by atoms with E-state index in [0.717, 1.165) is 22.0 Å². The fraction of sp³-hybridized carbons (Fsp3) is 0.475. The molecule has 0 aliphatic carbocycles. The highest BCUT2D eigenvalue weighted by molar-refractivity contribution is 5.97. The molecule has 0 radical (unpaired) electrons. The number of nitrogens with one attached hydrogen (secondary N) is 8. The molecule has 7 atom stereocenters. The van der Waals surface area contributed by atoms with E-state index >= 15 is 0 Å². The van der Waals surface area contributed by atoms with Crippen LogP contribution in [0.15, 0.2) is 60.8 Å². The molecule has 1 saturated heterocycles. The highest BCUT2D eigenvalue weighted by atomic mass is 16.2. The van der Waals surface area contributed by atoms with Gasteiger partial charge in [-0.3, -0.25) is 33.6 Å². The van der Waals surface area contributed by atoms with Crippen molar-refractivity contribution >= 4 is 52.3 Å². The third kappa shape index (κ3) is 11.9. The zero-order valence-corrected chi connectivity index (χ0v) is 32.3. The van der Waals surface area contributed by atoms with Crippen molar-refractivity contribution in [3.05, 3.63) is 71.9 Å². The Labute approximate surface area is 321 Å². The Balaban J connectivity index is 1.65. The maximum Gasteiger partial charge on any atom is 0.243 e. The predicted molar refractivity (Wildman–Crippen MR) is 207 cm³/mol. The highest BCUT2D eigenvalue weighted by Crippen LogP contribution is 2.21. The van der Waals surface area contributed by atoms with Gasteiger partial charge in [-0.25, -0.2) is 0 Å². The number of H-pyrrole nitrogens is 1. The largest absolute Gasteiger partial charge is 0.361 e. The molecule has 296 valence electrons. The third-order valence-corrected chi connectivity index (χ3v) is 9.63. The summed E-state index contributed by atoms with van der Waals surface area (Å²) in [5.74, 6) is -4.69. The Bertz CT molecular complexity index is 1840. The van der Waals surface area contributed by atoms with Crippen LogP contribution in [-0.2, 0) is 40.0 Å². The van der Waals surface area contributed by atoms with Crippen molar-refractivity contribution in [1.82, 2.24) is 42.2 Å². The second-order valence-corrected chi connectivity index (χ2v) is 14.6. The maximum absolute atomic E-state index is 14.0. The number of amides is 7. The average Bonchev–Trinajstić information content (AvgIpc) is 3.56. The number of hydrogen-bond acceptors (Lipinski definition) is 7. The van der Waals surface area contributed by atoms with Gasteiger partial charge in [0.05, 0.1) is 0 Å². The summed E-state index contributed by atoms with van der Waals surface area (Å²) in [6.45, 7) is 10.1. The second kappa shape index (κ2) is 19.6. The zero-order valence-electron chi connectivity index (χ0n) is 32.3. The van der Waals surface area contributed by atoms with Crippen LogP contribution >= 0.6 is 0 Å². The van der Waals surface area contributed by atoms with E-state index in [4.69, 9.17) is 0 Å². The topological polar surface area (TPSA) is 219 Å². The van der Waals surface area contributed by atoms with Gasteiger partial charge in [0.1, 0.15) is 36.3 Å². The van der Waals surface area contributed by atoms with Gasteiger partial charge in [-0.15, -0.1) is 0 Å². The standard InChI is InChI=1S/C40H54N8O7/c1-22(2)19-31-39(54)48-34(23(3)27-13-8-7-9-14-27)40(55)45-26(6)37(52)47-32(20-28-21-42-30-16-11-10-15-29(28)30)38(53)41-18-12-17-33(49)43-24(4)35(50)44-25(5)36(51)46-31/h7-11,13-16,21-26,31-32,34,42H,12,17-20H2,1-6H3,(H,41,53)(H,43,49)(H,44,50)(H,45,55)(H,46,51)(H,47,52)(H,48,54)/t23-,24-,25-,26-,31+,32-,34-/m1/s1. The van der Waals surface area contributed by atoms with Crippen molar-refractivity contribution in [3.63, 3.8) is 0 Å². The van der Waals surface area contributed by atoms with Crippen LogP contribution in [0.2, 0.25) is 0 Å². The molecular weight excluding hydrogens is 704 g/mol. The third-order valence-electron chi connectivity index (χ3n) is 9.63.